The SMILES string of the molecule is CCC(N)(CC)CNS(=O)(=O)c1cc(C)cc(C)c1OC.Cl. The highest BCUT2D eigenvalue weighted by atomic mass is 35.5. The van der Waals surface area contributed by atoms with Gasteiger partial charge in [0.25, 0.3) is 0 Å². The number of halogens is 1. The van der Waals surface area contributed by atoms with E-state index in [2.05, 4.69) is 4.72 Å². The van der Waals surface area contributed by atoms with Crippen LogP contribution in [0.1, 0.15) is 37.8 Å². The minimum absolute atomic E-state index is 0. The number of rotatable bonds is 7. The van der Waals surface area contributed by atoms with Gasteiger partial charge in [0.05, 0.1) is 7.11 Å². The summed E-state index contributed by atoms with van der Waals surface area (Å²) >= 11 is 0. The number of sulfonamides is 1. The summed E-state index contributed by atoms with van der Waals surface area (Å²) in [6.07, 6.45) is 1.41. The number of nitrogens with one attached hydrogen (secondary N) is 1. The lowest BCUT2D eigenvalue weighted by molar-refractivity contribution is 0.387. The molecule has 0 heterocycles. The molecule has 0 saturated heterocycles. The number of aryl methyl sites for hydroxylation is 2. The van der Waals surface area contributed by atoms with Crippen molar-refractivity contribution >= 4 is 22.4 Å². The van der Waals surface area contributed by atoms with E-state index in [1.807, 2.05) is 33.8 Å². The van der Waals surface area contributed by atoms with Crippen LogP contribution in [0.15, 0.2) is 17.0 Å². The van der Waals surface area contributed by atoms with Crippen molar-refractivity contribution in [2.24, 2.45) is 5.73 Å². The molecule has 22 heavy (non-hydrogen) atoms. The van der Waals surface area contributed by atoms with Crippen LogP contribution in [-0.4, -0.2) is 27.6 Å². The summed E-state index contributed by atoms with van der Waals surface area (Å²) < 4.78 is 33.0. The molecule has 0 aliphatic rings. The predicted octanol–water partition coefficient (Wildman–Crippen LogP) is 2.53. The zero-order valence-electron chi connectivity index (χ0n) is 13.9. The summed E-state index contributed by atoms with van der Waals surface area (Å²) in [6, 6.07) is 3.51. The van der Waals surface area contributed by atoms with E-state index in [0.717, 1.165) is 11.1 Å². The second kappa shape index (κ2) is 8.15. The lowest BCUT2D eigenvalue weighted by Crippen LogP contribution is -2.49. The van der Waals surface area contributed by atoms with E-state index < -0.39 is 15.6 Å². The van der Waals surface area contributed by atoms with Crippen molar-refractivity contribution in [1.82, 2.24) is 4.72 Å². The number of hydrogen-bond donors (Lipinski definition) is 2. The van der Waals surface area contributed by atoms with Gasteiger partial charge in [-0.25, -0.2) is 13.1 Å². The Morgan fingerprint density at radius 2 is 1.77 bits per heavy atom. The van der Waals surface area contributed by atoms with Crippen LogP contribution in [0.25, 0.3) is 0 Å². The van der Waals surface area contributed by atoms with Crippen LogP contribution in [0.4, 0.5) is 0 Å². The van der Waals surface area contributed by atoms with Crippen LogP contribution in [-0.2, 0) is 10.0 Å². The largest absolute Gasteiger partial charge is 0.495 e. The first kappa shape index (κ1) is 21.2. The maximum atomic E-state index is 12.5. The highest BCUT2D eigenvalue weighted by Crippen LogP contribution is 2.29. The fourth-order valence-corrected chi connectivity index (χ4v) is 3.66. The molecule has 0 fully saturated rings. The zero-order chi connectivity index (χ0) is 16.3. The molecule has 1 aromatic rings. The third-order valence-electron chi connectivity index (χ3n) is 3.90. The maximum absolute atomic E-state index is 12.5. The molecule has 0 aromatic heterocycles. The number of nitrogens with two attached hydrogens (primary N) is 1. The molecular weight excluding hydrogens is 324 g/mol. The molecule has 0 aliphatic carbocycles. The molecule has 0 atom stereocenters. The molecular formula is C15H27ClN2O3S. The first-order valence-corrected chi connectivity index (χ1v) is 8.61. The highest BCUT2D eigenvalue weighted by molar-refractivity contribution is 7.89. The van der Waals surface area contributed by atoms with Crippen molar-refractivity contribution in [1.29, 1.82) is 0 Å². The average molecular weight is 351 g/mol. The molecule has 0 aliphatic heterocycles. The lowest BCUT2D eigenvalue weighted by Gasteiger charge is -2.27. The Hall–Kier alpha value is -0.820. The summed E-state index contributed by atoms with van der Waals surface area (Å²) in [7, 11) is -2.18. The molecule has 0 saturated carbocycles. The minimum atomic E-state index is -3.66. The molecule has 0 spiro atoms. The van der Waals surface area contributed by atoms with Gasteiger partial charge >= 0.3 is 0 Å². The van der Waals surface area contributed by atoms with Gasteiger partial charge in [-0.1, -0.05) is 19.9 Å². The Morgan fingerprint density at radius 3 is 2.23 bits per heavy atom. The maximum Gasteiger partial charge on any atom is 0.244 e. The van der Waals surface area contributed by atoms with Crippen LogP contribution in [0.2, 0.25) is 0 Å². The quantitative estimate of drug-likeness (QED) is 0.791. The smallest absolute Gasteiger partial charge is 0.244 e. The number of methoxy groups -OCH3 is 1. The Balaban J connectivity index is 0.00000441. The Bertz CT molecular complexity index is 599. The summed E-state index contributed by atoms with van der Waals surface area (Å²) in [5.74, 6) is 0.378. The van der Waals surface area contributed by atoms with E-state index in [1.165, 1.54) is 7.11 Å². The summed E-state index contributed by atoms with van der Waals surface area (Å²) in [6.45, 7) is 7.80. The van der Waals surface area contributed by atoms with Gasteiger partial charge in [-0.3, -0.25) is 0 Å². The van der Waals surface area contributed by atoms with Gasteiger partial charge in [-0.2, -0.15) is 0 Å². The first-order valence-electron chi connectivity index (χ1n) is 7.13. The van der Waals surface area contributed by atoms with E-state index in [-0.39, 0.29) is 23.8 Å². The fourth-order valence-electron chi connectivity index (χ4n) is 2.19. The van der Waals surface area contributed by atoms with Crippen molar-refractivity contribution in [2.75, 3.05) is 13.7 Å². The van der Waals surface area contributed by atoms with Crippen molar-refractivity contribution in [3.05, 3.63) is 23.3 Å². The third-order valence-corrected chi connectivity index (χ3v) is 5.31. The third kappa shape index (κ3) is 4.84. The molecule has 3 N–H and O–H groups in total. The van der Waals surface area contributed by atoms with E-state index in [9.17, 15) is 8.42 Å². The molecule has 0 unspecified atom stereocenters. The Labute approximate surface area is 140 Å². The molecule has 7 heteroatoms. The topological polar surface area (TPSA) is 81.4 Å². The summed E-state index contributed by atoms with van der Waals surface area (Å²) in [5, 5.41) is 0. The number of hydrogen-bond acceptors (Lipinski definition) is 4. The van der Waals surface area contributed by atoms with Crippen LogP contribution >= 0.6 is 12.4 Å². The lowest BCUT2D eigenvalue weighted by atomic mass is 9.95. The second-order valence-corrected chi connectivity index (χ2v) is 7.24. The summed E-state index contributed by atoms with van der Waals surface area (Å²) in [4.78, 5) is 0.164. The first-order chi connectivity index (χ1) is 9.69. The minimum Gasteiger partial charge on any atom is -0.495 e. The molecule has 5 nitrogen and oxygen atoms in total. The van der Waals surface area contributed by atoms with Gasteiger partial charge in [-0.15, -0.1) is 12.4 Å². The second-order valence-electron chi connectivity index (χ2n) is 5.51. The van der Waals surface area contributed by atoms with Crippen molar-refractivity contribution in [2.45, 2.75) is 51.0 Å². The monoisotopic (exact) mass is 350 g/mol. The highest BCUT2D eigenvalue weighted by Gasteiger charge is 2.26. The van der Waals surface area contributed by atoms with Crippen molar-refractivity contribution < 1.29 is 13.2 Å². The van der Waals surface area contributed by atoms with E-state index in [1.54, 1.807) is 6.07 Å². The van der Waals surface area contributed by atoms with Crippen LogP contribution < -0.4 is 15.2 Å². The normalized spacial score (nSPS) is 11.9. The van der Waals surface area contributed by atoms with Gasteiger partial charge < -0.3 is 10.5 Å². The number of ether oxygens (including phenoxy) is 1. The van der Waals surface area contributed by atoms with Crippen LogP contribution in [0.3, 0.4) is 0 Å². The van der Waals surface area contributed by atoms with Gasteiger partial charge in [0, 0.05) is 12.1 Å². The standard InChI is InChI=1S/C15H26N2O3S.ClH/c1-6-15(16,7-2)10-17-21(18,19)13-9-11(3)8-12(4)14(13)20-5;/h8-9,17H,6-7,10,16H2,1-5H3;1H. The average Bonchev–Trinajstić information content (AvgIpc) is 2.44. The molecule has 1 aromatic carbocycles. The van der Waals surface area contributed by atoms with Gasteiger partial charge in [-0.05, 0) is 43.9 Å². The molecule has 1 rings (SSSR count). The summed E-state index contributed by atoms with van der Waals surface area (Å²) in [5.41, 5.74) is 7.29. The van der Waals surface area contributed by atoms with E-state index in [0.29, 0.717) is 18.6 Å². The number of benzene rings is 1. The van der Waals surface area contributed by atoms with E-state index >= 15 is 0 Å². The Kier molecular flexibility index (Phi) is 7.85. The molecule has 0 amide bonds. The van der Waals surface area contributed by atoms with Gasteiger partial charge in [0.15, 0.2) is 0 Å². The van der Waals surface area contributed by atoms with Gasteiger partial charge in [0.1, 0.15) is 10.6 Å². The predicted molar refractivity (Wildman–Crippen MR) is 92.4 cm³/mol. The van der Waals surface area contributed by atoms with Crippen LogP contribution in [0.5, 0.6) is 5.75 Å². The zero-order valence-corrected chi connectivity index (χ0v) is 15.5. The van der Waals surface area contributed by atoms with Gasteiger partial charge in [0.2, 0.25) is 10.0 Å². The van der Waals surface area contributed by atoms with Crippen molar-refractivity contribution in [3.63, 3.8) is 0 Å². The molecule has 0 radical (unpaired) electrons. The Morgan fingerprint density at radius 1 is 1.23 bits per heavy atom. The fraction of sp³-hybridized carbons (Fsp3) is 0.600. The van der Waals surface area contributed by atoms with Crippen LogP contribution in [0, 0.1) is 13.8 Å². The molecule has 0 bridgehead atoms. The molecule has 128 valence electrons. The van der Waals surface area contributed by atoms with E-state index in [4.69, 9.17) is 10.5 Å². The van der Waals surface area contributed by atoms with Crippen molar-refractivity contribution in [3.8, 4) is 5.75 Å².